The lowest BCUT2D eigenvalue weighted by molar-refractivity contribution is 0.110. The summed E-state index contributed by atoms with van der Waals surface area (Å²) < 4.78 is 0. The van der Waals surface area contributed by atoms with Crippen LogP contribution in [0.4, 0.5) is 0 Å². The molecule has 0 aromatic carbocycles. The Hall–Kier alpha value is 0. The van der Waals surface area contributed by atoms with Gasteiger partial charge in [-0.2, -0.15) is 0 Å². The first kappa shape index (κ1) is 15.0. The van der Waals surface area contributed by atoms with Gasteiger partial charge in [-0.05, 0) is 23.7 Å². The Bertz CT molecular complexity index is 146. The standard InChI is InChI=1S/C15H32/c1-7-11-13(9-3)14(10-4)15(5,6)12-8-2/h13-14H,7-12H2,1-6H3. The van der Waals surface area contributed by atoms with E-state index in [1.54, 1.807) is 0 Å². The van der Waals surface area contributed by atoms with E-state index in [1.165, 1.54) is 38.5 Å². The van der Waals surface area contributed by atoms with Crippen molar-refractivity contribution in [3.05, 3.63) is 0 Å². The van der Waals surface area contributed by atoms with E-state index in [-0.39, 0.29) is 0 Å². The summed E-state index contributed by atoms with van der Waals surface area (Å²) in [6.07, 6.45) is 8.18. The minimum atomic E-state index is 0.541. The molecule has 2 unspecified atom stereocenters. The maximum atomic E-state index is 2.48. The van der Waals surface area contributed by atoms with Crippen LogP contribution in [0.2, 0.25) is 0 Å². The molecule has 0 N–H and O–H groups in total. The van der Waals surface area contributed by atoms with Gasteiger partial charge in [-0.3, -0.25) is 0 Å². The van der Waals surface area contributed by atoms with Crippen LogP contribution in [0, 0.1) is 17.3 Å². The molecule has 0 aromatic rings. The van der Waals surface area contributed by atoms with Crippen molar-refractivity contribution in [1.29, 1.82) is 0 Å². The van der Waals surface area contributed by atoms with Crippen molar-refractivity contribution in [3.63, 3.8) is 0 Å². The average Bonchev–Trinajstić information content (AvgIpc) is 2.17. The van der Waals surface area contributed by atoms with Crippen molar-refractivity contribution in [2.24, 2.45) is 17.3 Å². The van der Waals surface area contributed by atoms with Crippen LogP contribution in [0.25, 0.3) is 0 Å². The van der Waals surface area contributed by atoms with Crippen LogP contribution in [0.5, 0.6) is 0 Å². The quantitative estimate of drug-likeness (QED) is 0.486. The summed E-state index contributed by atoms with van der Waals surface area (Å²) in [5.74, 6) is 1.86. The van der Waals surface area contributed by atoms with Gasteiger partial charge >= 0.3 is 0 Å². The Morgan fingerprint density at radius 1 is 0.867 bits per heavy atom. The lowest BCUT2D eigenvalue weighted by Gasteiger charge is -2.39. The van der Waals surface area contributed by atoms with Gasteiger partial charge in [0, 0.05) is 0 Å². The van der Waals surface area contributed by atoms with Crippen LogP contribution in [0.1, 0.15) is 80.1 Å². The molecular formula is C15H32. The maximum absolute atomic E-state index is 2.48. The predicted molar refractivity (Wildman–Crippen MR) is 71.2 cm³/mol. The zero-order valence-electron chi connectivity index (χ0n) is 11.9. The minimum absolute atomic E-state index is 0.541. The molecular weight excluding hydrogens is 180 g/mol. The van der Waals surface area contributed by atoms with Crippen molar-refractivity contribution in [3.8, 4) is 0 Å². The van der Waals surface area contributed by atoms with E-state index in [2.05, 4.69) is 41.5 Å². The highest BCUT2D eigenvalue weighted by molar-refractivity contribution is 4.82. The molecule has 0 radical (unpaired) electrons. The van der Waals surface area contributed by atoms with Crippen LogP contribution in [0.3, 0.4) is 0 Å². The van der Waals surface area contributed by atoms with Gasteiger partial charge in [0.2, 0.25) is 0 Å². The summed E-state index contributed by atoms with van der Waals surface area (Å²) >= 11 is 0. The summed E-state index contributed by atoms with van der Waals surface area (Å²) in [7, 11) is 0. The first-order chi connectivity index (χ1) is 7.03. The van der Waals surface area contributed by atoms with Crippen LogP contribution in [0.15, 0.2) is 0 Å². The van der Waals surface area contributed by atoms with Crippen molar-refractivity contribution in [1.82, 2.24) is 0 Å². The third-order valence-electron chi connectivity index (χ3n) is 4.09. The molecule has 0 aromatic heterocycles. The third-order valence-corrected chi connectivity index (χ3v) is 4.09. The maximum Gasteiger partial charge on any atom is -0.0323 e. The molecule has 2 atom stereocenters. The van der Waals surface area contributed by atoms with E-state index in [9.17, 15) is 0 Å². The van der Waals surface area contributed by atoms with Gasteiger partial charge in [0.1, 0.15) is 0 Å². The topological polar surface area (TPSA) is 0 Å². The second-order valence-corrected chi connectivity index (χ2v) is 5.71. The van der Waals surface area contributed by atoms with E-state index in [0.717, 1.165) is 11.8 Å². The third kappa shape index (κ3) is 4.57. The Morgan fingerprint density at radius 3 is 1.80 bits per heavy atom. The smallest absolute Gasteiger partial charge is 0.0323 e. The Labute approximate surface area is 97.8 Å². The number of hydrogen-bond donors (Lipinski definition) is 0. The van der Waals surface area contributed by atoms with Gasteiger partial charge in [-0.15, -0.1) is 0 Å². The fourth-order valence-corrected chi connectivity index (χ4v) is 3.41. The van der Waals surface area contributed by atoms with Gasteiger partial charge in [0.25, 0.3) is 0 Å². The van der Waals surface area contributed by atoms with E-state index in [0.29, 0.717) is 5.41 Å². The predicted octanol–water partition coefficient (Wildman–Crippen LogP) is 5.67. The van der Waals surface area contributed by atoms with E-state index < -0.39 is 0 Å². The van der Waals surface area contributed by atoms with Crippen molar-refractivity contribution in [2.75, 3.05) is 0 Å². The fraction of sp³-hybridized carbons (Fsp3) is 1.00. The number of hydrogen-bond acceptors (Lipinski definition) is 0. The first-order valence-electron chi connectivity index (χ1n) is 7.03. The van der Waals surface area contributed by atoms with Crippen LogP contribution in [-0.2, 0) is 0 Å². The van der Waals surface area contributed by atoms with Crippen LogP contribution in [-0.4, -0.2) is 0 Å². The van der Waals surface area contributed by atoms with E-state index >= 15 is 0 Å². The molecule has 92 valence electrons. The van der Waals surface area contributed by atoms with E-state index in [4.69, 9.17) is 0 Å². The molecule has 0 amide bonds. The second-order valence-electron chi connectivity index (χ2n) is 5.71. The van der Waals surface area contributed by atoms with Crippen molar-refractivity contribution >= 4 is 0 Å². The zero-order valence-corrected chi connectivity index (χ0v) is 11.9. The van der Waals surface area contributed by atoms with Crippen LogP contribution < -0.4 is 0 Å². The van der Waals surface area contributed by atoms with Crippen LogP contribution >= 0.6 is 0 Å². The fourth-order valence-electron chi connectivity index (χ4n) is 3.41. The molecule has 0 saturated heterocycles. The highest BCUT2D eigenvalue weighted by atomic mass is 14.4. The Balaban J connectivity index is 4.54. The van der Waals surface area contributed by atoms with Gasteiger partial charge in [0.15, 0.2) is 0 Å². The summed E-state index contributed by atoms with van der Waals surface area (Å²) in [5.41, 5.74) is 0.541. The SMILES string of the molecule is CCCC(CC)C(CC)C(C)(C)CCC. The normalized spacial score (nSPS) is 16.4. The molecule has 0 heterocycles. The summed E-state index contributed by atoms with van der Waals surface area (Å²) in [6, 6.07) is 0. The molecule has 0 spiro atoms. The highest BCUT2D eigenvalue weighted by Crippen LogP contribution is 2.41. The average molecular weight is 212 g/mol. The molecule has 15 heavy (non-hydrogen) atoms. The number of rotatable bonds is 8. The largest absolute Gasteiger partial charge is 0.0654 e. The highest BCUT2D eigenvalue weighted by Gasteiger charge is 2.32. The molecule has 0 nitrogen and oxygen atoms in total. The van der Waals surface area contributed by atoms with Gasteiger partial charge < -0.3 is 0 Å². The molecule has 0 fully saturated rings. The van der Waals surface area contributed by atoms with Gasteiger partial charge in [-0.1, -0.05) is 73.6 Å². The molecule has 0 aliphatic rings. The molecule has 0 saturated carbocycles. The molecule has 0 rings (SSSR count). The van der Waals surface area contributed by atoms with Crippen molar-refractivity contribution < 1.29 is 0 Å². The monoisotopic (exact) mass is 212 g/mol. The summed E-state index contributed by atoms with van der Waals surface area (Å²) in [6.45, 7) is 14.3. The molecule has 0 heteroatoms. The second kappa shape index (κ2) is 7.30. The Morgan fingerprint density at radius 2 is 1.47 bits per heavy atom. The lowest BCUT2D eigenvalue weighted by Crippen LogP contribution is -2.30. The lowest BCUT2D eigenvalue weighted by atomic mass is 9.66. The summed E-state index contributed by atoms with van der Waals surface area (Å²) in [5, 5.41) is 0. The summed E-state index contributed by atoms with van der Waals surface area (Å²) in [4.78, 5) is 0. The first-order valence-corrected chi connectivity index (χ1v) is 7.03. The zero-order chi connectivity index (χ0) is 11.9. The molecule has 0 aliphatic carbocycles. The van der Waals surface area contributed by atoms with Crippen molar-refractivity contribution in [2.45, 2.75) is 80.1 Å². The molecule has 0 aliphatic heterocycles. The Kier molecular flexibility index (Phi) is 7.30. The molecule has 0 bridgehead atoms. The van der Waals surface area contributed by atoms with Gasteiger partial charge in [0.05, 0.1) is 0 Å². The minimum Gasteiger partial charge on any atom is -0.0654 e. The van der Waals surface area contributed by atoms with E-state index in [1.807, 2.05) is 0 Å². The van der Waals surface area contributed by atoms with Gasteiger partial charge in [-0.25, -0.2) is 0 Å².